The predicted octanol–water partition coefficient (Wildman–Crippen LogP) is 0.620. The quantitative estimate of drug-likeness (QED) is 0.557. The molecule has 62 valence electrons. The van der Waals surface area contributed by atoms with Gasteiger partial charge in [-0.3, -0.25) is 0 Å². The Morgan fingerprint density at radius 3 is 2.82 bits per heavy atom. The van der Waals surface area contributed by atoms with Crippen molar-refractivity contribution < 1.29 is 14.2 Å². The van der Waals surface area contributed by atoms with Crippen molar-refractivity contribution in [3.05, 3.63) is 6.42 Å². The number of hydrogen-bond donors (Lipinski definition) is 0. The molecule has 0 N–H and O–H groups in total. The molecule has 2 unspecified atom stereocenters. The predicted molar refractivity (Wildman–Crippen MR) is 37.9 cm³/mol. The van der Waals surface area contributed by atoms with E-state index in [9.17, 15) is 0 Å². The lowest BCUT2D eigenvalue weighted by atomic mass is 10.1. The molecule has 0 amide bonds. The van der Waals surface area contributed by atoms with Gasteiger partial charge in [-0.2, -0.15) is 0 Å². The summed E-state index contributed by atoms with van der Waals surface area (Å²) in [6, 6.07) is 0. The Hall–Kier alpha value is -0.120. The molecule has 0 aromatic heterocycles. The Bertz CT molecular complexity index is 115. The van der Waals surface area contributed by atoms with E-state index >= 15 is 0 Å². The van der Waals surface area contributed by atoms with Crippen LogP contribution < -0.4 is 0 Å². The van der Waals surface area contributed by atoms with Gasteiger partial charge < -0.3 is 14.2 Å². The van der Waals surface area contributed by atoms with Crippen LogP contribution >= 0.6 is 0 Å². The summed E-state index contributed by atoms with van der Waals surface area (Å²) >= 11 is 0. The first kappa shape index (κ1) is 7.53. The summed E-state index contributed by atoms with van der Waals surface area (Å²) in [6.45, 7) is 1.88. The second kappa shape index (κ2) is 3.52. The summed E-state index contributed by atoms with van der Waals surface area (Å²) in [7, 11) is 0. The Kier molecular flexibility index (Phi) is 2.41. The lowest BCUT2D eigenvalue weighted by Gasteiger charge is -2.25. The van der Waals surface area contributed by atoms with E-state index in [2.05, 4.69) is 6.42 Å². The Morgan fingerprint density at radius 2 is 2.18 bits per heavy atom. The molecule has 2 rings (SSSR count). The van der Waals surface area contributed by atoms with E-state index in [1.807, 2.05) is 0 Å². The zero-order chi connectivity index (χ0) is 7.52. The molecule has 0 spiro atoms. The first-order valence-electron chi connectivity index (χ1n) is 3.98. The van der Waals surface area contributed by atoms with Crippen LogP contribution in [-0.2, 0) is 14.2 Å². The topological polar surface area (TPSA) is 27.7 Å². The van der Waals surface area contributed by atoms with Crippen molar-refractivity contribution in [2.75, 3.05) is 20.0 Å². The summed E-state index contributed by atoms with van der Waals surface area (Å²) in [5.74, 6) is 0. The van der Waals surface area contributed by atoms with Crippen LogP contribution in [0.4, 0.5) is 0 Å². The van der Waals surface area contributed by atoms with E-state index in [1.54, 1.807) is 0 Å². The van der Waals surface area contributed by atoms with Gasteiger partial charge in [-0.15, -0.1) is 0 Å². The highest BCUT2D eigenvalue weighted by atomic mass is 16.7. The van der Waals surface area contributed by atoms with Crippen LogP contribution in [0.1, 0.15) is 12.8 Å². The zero-order valence-corrected chi connectivity index (χ0v) is 6.41. The molecule has 0 saturated carbocycles. The van der Waals surface area contributed by atoms with E-state index in [0.29, 0.717) is 13.4 Å². The van der Waals surface area contributed by atoms with Crippen LogP contribution in [0.15, 0.2) is 0 Å². The highest BCUT2D eigenvalue weighted by Gasteiger charge is 2.28. The molecule has 0 bridgehead atoms. The largest absolute Gasteiger partial charge is 0.375 e. The summed E-state index contributed by atoms with van der Waals surface area (Å²) < 4.78 is 15.9. The molecule has 2 aliphatic rings. The van der Waals surface area contributed by atoms with Gasteiger partial charge in [-0.1, -0.05) is 0 Å². The molecular weight excluding hydrogens is 144 g/mol. The maximum absolute atomic E-state index is 5.49. The van der Waals surface area contributed by atoms with Crippen molar-refractivity contribution in [2.45, 2.75) is 25.0 Å². The van der Waals surface area contributed by atoms with Gasteiger partial charge in [0.1, 0.15) is 12.9 Å². The molecule has 0 aromatic rings. The molecule has 2 heterocycles. The minimum atomic E-state index is 0.141. The first-order valence-corrected chi connectivity index (χ1v) is 3.98. The standard InChI is InChI=1S/C8H12O3/c1-2-4-10-7(3-1)8-5-9-6-11-8/h7-8H,2-6H2. The fourth-order valence-corrected chi connectivity index (χ4v) is 1.39. The average Bonchev–Trinajstić information content (AvgIpc) is 2.58. The molecule has 2 aliphatic heterocycles. The fraction of sp³-hybridized carbons (Fsp3) is 0.875. The van der Waals surface area contributed by atoms with Crippen LogP contribution in [0.3, 0.4) is 0 Å². The van der Waals surface area contributed by atoms with Gasteiger partial charge in [0.2, 0.25) is 0 Å². The third-order valence-corrected chi connectivity index (χ3v) is 2.02. The lowest BCUT2D eigenvalue weighted by Crippen LogP contribution is -2.33. The minimum absolute atomic E-state index is 0.141. The normalized spacial score (nSPS) is 39.3. The Balaban J connectivity index is 1.82. The van der Waals surface area contributed by atoms with Gasteiger partial charge in [-0.25, -0.2) is 0 Å². The number of rotatable bonds is 1. The van der Waals surface area contributed by atoms with E-state index in [1.165, 1.54) is 0 Å². The summed E-state index contributed by atoms with van der Waals surface area (Å²) in [5, 5.41) is 0. The van der Waals surface area contributed by atoms with Crippen LogP contribution in [0.25, 0.3) is 0 Å². The molecule has 0 aliphatic carbocycles. The van der Waals surface area contributed by atoms with Crippen molar-refractivity contribution >= 4 is 0 Å². The lowest BCUT2D eigenvalue weighted by molar-refractivity contribution is -0.0589. The second-order valence-corrected chi connectivity index (χ2v) is 2.81. The smallest absolute Gasteiger partial charge is 0.147 e. The van der Waals surface area contributed by atoms with Crippen LogP contribution in [0.5, 0.6) is 0 Å². The third kappa shape index (κ3) is 1.72. The minimum Gasteiger partial charge on any atom is -0.375 e. The molecule has 0 aromatic carbocycles. The molecule has 3 nitrogen and oxygen atoms in total. The SMILES string of the molecule is [C]1CCOC(C2COCO2)C1. The molecular formula is C8H12O3. The first-order chi connectivity index (χ1) is 5.47. The van der Waals surface area contributed by atoms with E-state index in [-0.39, 0.29) is 12.2 Å². The van der Waals surface area contributed by atoms with Gasteiger partial charge in [0.15, 0.2) is 0 Å². The van der Waals surface area contributed by atoms with Gasteiger partial charge in [0.25, 0.3) is 0 Å². The average molecular weight is 156 g/mol. The number of hydrogen-bond acceptors (Lipinski definition) is 3. The van der Waals surface area contributed by atoms with Crippen LogP contribution in [-0.4, -0.2) is 32.2 Å². The van der Waals surface area contributed by atoms with Crippen molar-refractivity contribution in [1.82, 2.24) is 0 Å². The van der Waals surface area contributed by atoms with Gasteiger partial charge >= 0.3 is 0 Å². The number of ether oxygens (including phenoxy) is 3. The van der Waals surface area contributed by atoms with Gasteiger partial charge in [0, 0.05) is 6.61 Å². The summed E-state index contributed by atoms with van der Waals surface area (Å²) in [5.41, 5.74) is 0. The molecule has 2 atom stereocenters. The monoisotopic (exact) mass is 156 g/mol. The van der Waals surface area contributed by atoms with Crippen LogP contribution in [0, 0.1) is 6.42 Å². The van der Waals surface area contributed by atoms with Gasteiger partial charge in [-0.05, 0) is 19.3 Å². The van der Waals surface area contributed by atoms with Crippen molar-refractivity contribution in [2.24, 2.45) is 0 Å². The Morgan fingerprint density at radius 1 is 1.18 bits per heavy atom. The highest BCUT2D eigenvalue weighted by molar-refractivity contribution is 4.82. The van der Waals surface area contributed by atoms with E-state index in [0.717, 1.165) is 19.4 Å². The van der Waals surface area contributed by atoms with Crippen molar-refractivity contribution in [3.63, 3.8) is 0 Å². The zero-order valence-electron chi connectivity index (χ0n) is 6.41. The third-order valence-electron chi connectivity index (χ3n) is 2.02. The fourth-order valence-electron chi connectivity index (χ4n) is 1.39. The van der Waals surface area contributed by atoms with Crippen LogP contribution in [0.2, 0.25) is 0 Å². The van der Waals surface area contributed by atoms with E-state index < -0.39 is 0 Å². The molecule has 2 saturated heterocycles. The van der Waals surface area contributed by atoms with Crippen molar-refractivity contribution in [3.8, 4) is 0 Å². The Labute approximate surface area is 66.6 Å². The maximum Gasteiger partial charge on any atom is 0.147 e. The molecule has 2 fully saturated rings. The molecule has 3 heteroatoms. The van der Waals surface area contributed by atoms with Crippen molar-refractivity contribution in [1.29, 1.82) is 0 Å². The van der Waals surface area contributed by atoms with E-state index in [4.69, 9.17) is 14.2 Å². The maximum atomic E-state index is 5.49. The molecule has 2 radical (unpaired) electrons. The van der Waals surface area contributed by atoms with Gasteiger partial charge in [0.05, 0.1) is 12.7 Å². The second-order valence-electron chi connectivity index (χ2n) is 2.81. The highest BCUT2D eigenvalue weighted by Crippen LogP contribution is 2.19. The summed E-state index contributed by atoms with van der Waals surface area (Å²) in [6.07, 6.45) is 5.41. The summed E-state index contributed by atoms with van der Waals surface area (Å²) in [4.78, 5) is 0. The molecule has 11 heavy (non-hydrogen) atoms.